The van der Waals surface area contributed by atoms with Gasteiger partial charge < -0.3 is 5.32 Å². The largest absolute Gasteiger partial charge is 0.368 e. The van der Waals surface area contributed by atoms with Crippen molar-refractivity contribution in [1.29, 1.82) is 0 Å². The van der Waals surface area contributed by atoms with Crippen LogP contribution in [0.15, 0.2) is 23.0 Å². The van der Waals surface area contributed by atoms with E-state index in [1.165, 1.54) is 11.8 Å². The maximum absolute atomic E-state index is 5.96. The smallest absolute Gasteiger partial charge is 0.239 e. The van der Waals surface area contributed by atoms with Crippen LogP contribution in [0.5, 0.6) is 0 Å². The van der Waals surface area contributed by atoms with Crippen LogP contribution in [0.4, 0.5) is 11.8 Å². The lowest BCUT2D eigenvalue weighted by atomic mass is 10.2. The first-order chi connectivity index (χ1) is 8.29. The number of nitrogens with zero attached hydrogens (tertiary/aromatic N) is 2. The van der Waals surface area contributed by atoms with E-state index in [1.54, 1.807) is 11.3 Å². The van der Waals surface area contributed by atoms with Gasteiger partial charge in [-0.1, -0.05) is 11.6 Å². The summed E-state index contributed by atoms with van der Waals surface area (Å²) < 4.78 is 0. The Balaban J connectivity index is 1.94. The zero-order valence-electron chi connectivity index (χ0n) is 8.98. The van der Waals surface area contributed by atoms with Crippen molar-refractivity contribution in [1.82, 2.24) is 9.97 Å². The Morgan fingerprint density at radius 1 is 1.47 bits per heavy atom. The van der Waals surface area contributed by atoms with E-state index in [4.69, 9.17) is 17.4 Å². The molecule has 0 spiro atoms. The summed E-state index contributed by atoms with van der Waals surface area (Å²) in [7, 11) is 0. The molecule has 0 unspecified atom stereocenters. The first kappa shape index (κ1) is 12.1. The predicted octanol–water partition coefficient (Wildman–Crippen LogP) is 2.13. The summed E-state index contributed by atoms with van der Waals surface area (Å²) in [6.45, 7) is 0.761. The second-order valence-corrected chi connectivity index (χ2v) is 4.53. The molecule has 0 bridgehead atoms. The minimum atomic E-state index is 0.340. The van der Waals surface area contributed by atoms with E-state index in [2.05, 4.69) is 37.5 Å². The lowest BCUT2D eigenvalue weighted by molar-refractivity contribution is 1.00. The SMILES string of the molecule is NNc1ncc(Cl)c(NCCc2ccsc2)n1. The van der Waals surface area contributed by atoms with Gasteiger partial charge in [-0.15, -0.1) is 0 Å². The highest BCUT2D eigenvalue weighted by atomic mass is 35.5. The van der Waals surface area contributed by atoms with E-state index in [0.717, 1.165) is 13.0 Å². The fourth-order valence-electron chi connectivity index (χ4n) is 1.32. The molecule has 17 heavy (non-hydrogen) atoms. The van der Waals surface area contributed by atoms with E-state index in [9.17, 15) is 0 Å². The average Bonchev–Trinajstić information content (AvgIpc) is 2.84. The Kier molecular flexibility index (Phi) is 4.13. The van der Waals surface area contributed by atoms with Crippen LogP contribution in [0.25, 0.3) is 0 Å². The van der Waals surface area contributed by atoms with Crippen LogP contribution in [-0.4, -0.2) is 16.5 Å². The number of hydrogen-bond acceptors (Lipinski definition) is 6. The molecule has 0 radical (unpaired) electrons. The molecule has 0 atom stereocenters. The standard InChI is InChI=1S/C10H12ClN5S/c11-8-5-14-10(16-12)15-9(8)13-3-1-7-2-4-17-6-7/h2,4-6H,1,3,12H2,(H2,13,14,15,16). The topological polar surface area (TPSA) is 75.9 Å². The molecule has 0 amide bonds. The van der Waals surface area contributed by atoms with E-state index in [1.807, 2.05) is 0 Å². The number of rotatable bonds is 5. The van der Waals surface area contributed by atoms with Crippen molar-refractivity contribution in [2.45, 2.75) is 6.42 Å². The van der Waals surface area contributed by atoms with Crippen molar-refractivity contribution in [3.05, 3.63) is 33.6 Å². The maximum atomic E-state index is 5.96. The van der Waals surface area contributed by atoms with Crippen molar-refractivity contribution in [3.63, 3.8) is 0 Å². The van der Waals surface area contributed by atoms with Crippen molar-refractivity contribution in [2.24, 2.45) is 5.84 Å². The van der Waals surface area contributed by atoms with Gasteiger partial charge in [0, 0.05) is 6.54 Å². The van der Waals surface area contributed by atoms with E-state index < -0.39 is 0 Å². The number of thiophene rings is 1. The number of hydrazine groups is 1. The number of hydrogen-bond donors (Lipinski definition) is 3. The first-order valence-electron chi connectivity index (χ1n) is 5.03. The molecule has 0 saturated carbocycles. The van der Waals surface area contributed by atoms with Crippen LogP contribution in [0.2, 0.25) is 5.02 Å². The maximum Gasteiger partial charge on any atom is 0.239 e. The number of nitrogen functional groups attached to an aromatic ring is 1. The number of aromatic nitrogens is 2. The summed E-state index contributed by atoms with van der Waals surface area (Å²) in [6.07, 6.45) is 2.44. The average molecular weight is 270 g/mol. The molecule has 2 aromatic rings. The van der Waals surface area contributed by atoms with E-state index in [-0.39, 0.29) is 0 Å². The summed E-state index contributed by atoms with van der Waals surface area (Å²) in [4.78, 5) is 8.02. The molecule has 2 aromatic heterocycles. The molecule has 0 fully saturated rings. The second kappa shape index (κ2) is 5.81. The minimum absolute atomic E-state index is 0.340. The van der Waals surface area contributed by atoms with Gasteiger partial charge in [-0.25, -0.2) is 10.8 Å². The third-order valence-electron chi connectivity index (χ3n) is 2.16. The number of halogens is 1. The Hall–Kier alpha value is -1.37. The summed E-state index contributed by atoms with van der Waals surface area (Å²) in [5, 5.41) is 7.81. The van der Waals surface area contributed by atoms with E-state index in [0.29, 0.717) is 16.8 Å². The van der Waals surface area contributed by atoms with Gasteiger partial charge in [0.15, 0.2) is 5.82 Å². The quantitative estimate of drug-likeness (QED) is 0.573. The number of nitrogens with two attached hydrogens (primary N) is 1. The third-order valence-corrected chi connectivity index (χ3v) is 3.17. The predicted molar refractivity (Wildman–Crippen MR) is 71.4 cm³/mol. The highest BCUT2D eigenvalue weighted by molar-refractivity contribution is 7.07. The Morgan fingerprint density at radius 3 is 3.06 bits per heavy atom. The van der Waals surface area contributed by atoms with Crippen LogP contribution in [0.1, 0.15) is 5.56 Å². The lowest BCUT2D eigenvalue weighted by Crippen LogP contribution is -2.13. The van der Waals surface area contributed by atoms with Crippen molar-refractivity contribution < 1.29 is 0 Å². The fourth-order valence-corrected chi connectivity index (χ4v) is 2.18. The van der Waals surface area contributed by atoms with Crippen molar-refractivity contribution in [3.8, 4) is 0 Å². The summed E-state index contributed by atoms with van der Waals surface area (Å²) >= 11 is 7.65. The van der Waals surface area contributed by atoms with Crippen LogP contribution >= 0.6 is 22.9 Å². The Morgan fingerprint density at radius 2 is 2.35 bits per heavy atom. The molecule has 0 aliphatic rings. The Bertz CT molecular complexity index is 474. The molecule has 0 saturated heterocycles. The molecule has 0 aliphatic carbocycles. The van der Waals surface area contributed by atoms with Gasteiger partial charge >= 0.3 is 0 Å². The summed E-state index contributed by atoms with van der Waals surface area (Å²) in [6, 6.07) is 2.10. The summed E-state index contributed by atoms with van der Waals surface area (Å²) in [5.74, 6) is 6.16. The van der Waals surface area contributed by atoms with Gasteiger partial charge in [-0.2, -0.15) is 16.3 Å². The molecule has 90 valence electrons. The molecule has 5 nitrogen and oxygen atoms in total. The molecule has 7 heteroatoms. The van der Waals surface area contributed by atoms with Gasteiger partial charge in [-0.05, 0) is 28.8 Å². The number of anilines is 2. The monoisotopic (exact) mass is 269 g/mol. The highest BCUT2D eigenvalue weighted by Gasteiger charge is 2.04. The lowest BCUT2D eigenvalue weighted by Gasteiger charge is -2.07. The molecule has 2 heterocycles. The Labute approximate surface area is 108 Å². The fraction of sp³-hybridized carbons (Fsp3) is 0.200. The zero-order chi connectivity index (χ0) is 12.1. The minimum Gasteiger partial charge on any atom is -0.368 e. The normalized spacial score (nSPS) is 10.2. The van der Waals surface area contributed by atoms with Gasteiger partial charge in [0.25, 0.3) is 0 Å². The molecule has 0 aliphatic heterocycles. The highest BCUT2D eigenvalue weighted by Crippen LogP contribution is 2.19. The van der Waals surface area contributed by atoms with Gasteiger partial charge in [0.2, 0.25) is 5.95 Å². The first-order valence-corrected chi connectivity index (χ1v) is 6.36. The molecule has 0 aromatic carbocycles. The second-order valence-electron chi connectivity index (χ2n) is 3.34. The molecular weight excluding hydrogens is 258 g/mol. The van der Waals surface area contributed by atoms with Crippen LogP contribution in [0.3, 0.4) is 0 Å². The van der Waals surface area contributed by atoms with Crippen molar-refractivity contribution in [2.75, 3.05) is 17.3 Å². The molecule has 4 N–H and O–H groups in total. The van der Waals surface area contributed by atoms with Gasteiger partial charge in [0.1, 0.15) is 5.02 Å². The summed E-state index contributed by atoms with van der Waals surface area (Å²) in [5.41, 5.74) is 3.68. The molecular formula is C10H12ClN5S. The van der Waals surface area contributed by atoms with Gasteiger partial charge in [0.05, 0.1) is 6.20 Å². The molecule has 2 rings (SSSR count). The van der Waals surface area contributed by atoms with Crippen molar-refractivity contribution >= 4 is 34.7 Å². The zero-order valence-corrected chi connectivity index (χ0v) is 10.6. The third kappa shape index (κ3) is 3.29. The van der Waals surface area contributed by atoms with Crippen LogP contribution in [-0.2, 0) is 6.42 Å². The van der Waals surface area contributed by atoms with E-state index >= 15 is 0 Å². The van der Waals surface area contributed by atoms with Gasteiger partial charge in [-0.3, -0.25) is 5.43 Å². The van der Waals surface area contributed by atoms with Crippen LogP contribution in [0, 0.1) is 0 Å². The number of nitrogens with one attached hydrogen (secondary N) is 2. The van der Waals surface area contributed by atoms with Crippen LogP contribution < -0.4 is 16.6 Å².